The van der Waals surface area contributed by atoms with E-state index >= 15 is 0 Å². The summed E-state index contributed by atoms with van der Waals surface area (Å²) >= 11 is 2.00. The van der Waals surface area contributed by atoms with Crippen molar-refractivity contribution in [2.75, 3.05) is 5.75 Å². The second-order valence-corrected chi connectivity index (χ2v) is 4.51. The molecule has 0 aliphatic carbocycles. The van der Waals surface area contributed by atoms with Crippen molar-refractivity contribution in [2.45, 2.75) is 31.7 Å². The Bertz CT molecular complexity index is 90.5. The van der Waals surface area contributed by atoms with Crippen LogP contribution in [0.25, 0.3) is 0 Å². The molecule has 2 heteroatoms. The molecule has 0 bridgehead atoms. The Morgan fingerprint density at radius 2 is 2.25 bits per heavy atom. The van der Waals surface area contributed by atoms with Crippen molar-refractivity contribution in [3.05, 3.63) is 0 Å². The molecule has 48 valence electrons. The summed E-state index contributed by atoms with van der Waals surface area (Å²) in [5, 5.41) is 3.46. The Balaban J connectivity index is 2.44. The van der Waals surface area contributed by atoms with Crippen LogP contribution in [0, 0.1) is 0 Å². The Morgan fingerprint density at radius 3 is 2.38 bits per heavy atom. The molecule has 1 N–H and O–H groups in total. The van der Waals surface area contributed by atoms with Gasteiger partial charge < -0.3 is 0 Å². The predicted octanol–water partition coefficient (Wildman–Crippen LogP) is 1.45. The summed E-state index contributed by atoms with van der Waals surface area (Å²) < 4.78 is 0. The second kappa shape index (κ2) is 1.92. The molecule has 1 rings (SSSR count). The van der Waals surface area contributed by atoms with Gasteiger partial charge in [0.05, 0.1) is 4.87 Å². The summed E-state index contributed by atoms with van der Waals surface area (Å²) in [6.45, 7) is 6.67. The number of thioether (sulfide) groups is 1. The fraction of sp³-hybridized carbons (Fsp3) is 1.00. The molecular weight excluding hydrogens is 118 g/mol. The van der Waals surface area contributed by atoms with E-state index in [4.69, 9.17) is 0 Å². The van der Waals surface area contributed by atoms with Crippen LogP contribution in [0.5, 0.6) is 0 Å². The van der Waals surface area contributed by atoms with Gasteiger partial charge in [0.25, 0.3) is 0 Å². The van der Waals surface area contributed by atoms with Gasteiger partial charge in [-0.15, -0.1) is 11.8 Å². The Hall–Kier alpha value is 0.310. The third kappa shape index (κ3) is 1.39. The summed E-state index contributed by atoms with van der Waals surface area (Å²) in [5.41, 5.74) is 0. The molecule has 1 aliphatic rings. The molecule has 1 heterocycles. The van der Waals surface area contributed by atoms with Gasteiger partial charge in [-0.05, 0) is 20.8 Å². The lowest BCUT2D eigenvalue weighted by atomic mass is 10.3. The highest BCUT2D eigenvalue weighted by atomic mass is 32.2. The number of nitrogens with one attached hydrogen (secondary N) is 1. The lowest BCUT2D eigenvalue weighted by Crippen LogP contribution is -2.34. The largest absolute Gasteiger partial charge is 0.300 e. The highest BCUT2D eigenvalue weighted by molar-refractivity contribution is 8.00. The van der Waals surface area contributed by atoms with Crippen molar-refractivity contribution in [1.82, 2.24) is 5.32 Å². The topological polar surface area (TPSA) is 12.0 Å². The predicted molar refractivity (Wildman–Crippen MR) is 39.1 cm³/mol. The van der Waals surface area contributed by atoms with Crippen LogP contribution in [-0.4, -0.2) is 16.7 Å². The molecule has 0 radical (unpaired) electrons. The first kappa shape index (κ1) is 6.43. The summed E-state index contributed by atoms with van der Waals surface area (Å²) in [5.74, 6) is 1.26. The van der Waals surface area contributed by atoms with Gasteiger partial charge in [0.2, 0.25) is 0 Å². The molecule has 0 spiro atoms. The van der Waals surface area contributed by atoms with Gasteiger partial charge in [0.15, 0.2) is 0 Å². The maximum atomic E-state index is 3.46. The smallest absolute Gasteiger partial charge is 0.0591 e. The molecule has 0 saturated carbocycles. The van der Waals surface area contributed by atoms with Crippen LogP contribution in [-0.2, 0) is 0 Å². The summed E-state index contributed by atoms with van der Waals surface area (Å²) in [6.07, 6.45) is 0. The van der Waals surface area contributed by atoms with Crippen LogP contribution in [0.1, 0.15) is 20.8 Å². The molecular formula is C6H13NS. The van der Waals surface area contributed by atoms with E-state index in [1.54, 1.807) is 0 Å². The van der Waals surface area contributed by atoms with Gasteiger partial charge >= 0.3 is 0 Å². The molecule has 0 unspecified atom stereocenters. The minimum absolute atomic E-state index is 0.333. The highest BCUT2D eigenvalue weighted by Crippen LogP contribution is 2.28. The summed E-state index contributed by atoms with van der Waals surface area (Å²) in [4.78, 5) is 0.333. The van der Waals surface area contributed by atoms with Crippen LogP contribution < -0.4 is 5.32 Å². The molecule has 0 aromatic rings. The maximum absolute atomic E-state index is 3.46. The number of hydrogen-bond acceptors (Lipinski definition) is 2. The van der Waals surface area contributed by atoms with E-state index in [9.17, 15) is 0 Å². The first-order chi connectivity index (χ1) is 3.60. The van der Waals surface area contributed by atoms with Crippen molar-refractivity contribution >= 4 is 11.8 Å². The summed E-state index contributed by atoms with van der Waals surface area (Å²) in [6, 6.07) is 0.704. The minimum Gasteiger partial charge on any atom is -0.300 e. The third-order valence-electron chi connectivity index (χ3n) is 1.29. The second-order valence-electron chi connectivity index (χ2n) is 2.87. The van der Waals surface area contributed by atoms with Gasteiger partial charge in [-0.1, -0.05) is 0 Å². The monoisotopic (exact) mass is 131 g/mol. The number of hydrogen-bond donors (Lipinski definition) is 1. The van der Waals surface area contributed by atoms with E-state index in [0.717, 1.165) is 0 Å². The van der Waals surface area contributed by atoms with Crippen molar-refractivity contribution < 1.29 is 0 Å². The Morgan fingerprint density at radius 1 is 1.62 bits per heavy atom. The normalized spacial score (nSPS) is 35.6. The van der Waals surface area contributed by atoms with Crippen molar-refractivity contribution in [3.8, 4) is 0 Å². The number of rotatable bonds is 0. The van der Waals surface area contributed by atoms with E-state index in [0.29, 0.717) is 10.9 Å². The Labute approximate surface area is 55.2 Å². The Kier molecular flexibility index (Phi) is 1.54. The van der Waals surface area contributed by atoms with Gasteiger partial charge in [-0.25, -0.2) is 0 Å². The van der Waals surface area contributed by atoms with Crippen molar-refractivity contribution in [2.24, 2.45) is 0 Å². The maximum Gasteiger partial charge on any atom is 0.0591 e. The van der Waals surface area contributed by atoms with Crippen LogP contribution >= 0.6 is 11.8 Å². The lowest BCUT2D eigenvalue weighted by Gasteiger charge is -2.16. The van der Waals surface area contributed by atoms with E-state index in [1.165, 1.54) is 5.75 Å². The van der Waals surface area contributed by atoms with Gasteiger partial charge in [-0.2, -0.15) is 0 Å². The SMILES string of the molecule is C[C@@H]1CSC(C)(C)N1. The molecule has 1 aliphatic heterocycles. The lowest BCUT2D eigenvalue weighted by molar-refractivity contribution is 0.517. The highest BCUT2D eigenvalue weighted by Gasteiger charge is 2.27. The summed E-state index contributed by atoms with van der Waals surface area (Å²) in [7, 11) is 0. The van der Waals surface area contributed by atoms with Crippen LogP contribution in [0.15, 0.2) is 0 Å². The van der Waals surface area contributed by atoms with Crippen LogP contribution in [0.4, 0.5) is 0 Å². The zero-order valence-electron chi connectivity index (χ0n) is 5.69. The van der Waals surface area contributed by atoms with Crippen molar-refractivity contribution in [1.29, 1.82) is 0 Å². The van der Waals surface area contributed by atoms with E-state index < -0.39 is 0 Å². The van der Waals surface area contributed by atoms with Crippen LogP contribution in [0.3, 0.4) is 0 Å². The van der Waals surface area contributed by atoms with E-state index in [-0.39, 0.29) is 0 Å². The quantitative estimate of drug-likeness (QED) is 0.534. The van der Waals surface area contributed by atoms with Crippen molar-refractivity contribution in [3.63, 3.8) is 0 Å². The molecule has 1 saturated heterocycles. The third-order valence-corrected chi connectivity index (χ3v) is 2.79. The fourth-order valence-corrected chi connectivity index (χ4v) is 2.04. The van der Waals surface area contributed by atoms with E-state index in [2.05, 4.69) is 26.1 Å². The molecule has 8 heavy (non-hydrogen) atoms. The molecule has 1 fully saturated rings. The first-order valence-corrected chi connectivity index (χ1v) is 4.00. The average Bonchev–Trinajstić information content (AvgIpc) is 1.82. The van der Waals surface area contributed by atoms with Crippen LogP contribution in [0.2, 0.25) is 0 Å². The minimum atomic E-state index is 0.333. The fourth-order valence-electron chi connectivity index (χ4n) is 1.01. The van der Waals surface area contributed by atoms with Gasteiger partial charge in [-0.3, -0.25) is 5.32 Å². The van der Waals surface area contributed by atoms with Gasteiger partial charge in [0, 0.05) is 11.8 Å². The molecule has 0 amide bonds. The zero-order valence-corrected chi connectivity index (χ0v) is 6.51. The standard InChI is InChI=1S/C6H13NS/c1-5-4-8-6(2,3)7-5/h5,7H,4H2,1-3H3/t5-/m1/s1. The first-order valence-electron chi connectivity index (χ1n) is 3.02. The molecule has 0 aromatic heterocycles. The molecule has 1 nitrogen and oxygen atoms in total. The molecule has 1 atom stereocenters. The zero-order chi connectivity index (χ0) is 6.20. The van der Waals surface area contributed by atoms with Gasteiger partial charge in [0.1, 0.15) is 0 Å². The average molecular weight is 131 g/mol. The molecule has 0 aromatic carbocycles. The van der Waals surface area contributed by atoms with E-state index in [1.807, 2.05) is 11.8 Å².